The van der Waals surface area contributed by atoms with Crippen molar-refractivity contribution in [2.45, 2.75) is 12.8 Å². The molecule has 0 amide bonds. The third-order valence-corrected chi connectivity index (χ3v) is 3.70. The Balaban J connectivity index is 2.21. The van der Waals surface area contributed by atoms with Crippen LogP contribution in [0.15, 0.2) is 18.2 Å². The molecule has 0 aliphatic carbocycles. The van der Waals surface area contributed by atoms with Crippen LogP contribution in [0.2, 0.25) is 0 Å². The molecule has 0 spiro atoms. The van der Waals surface area contributed by atoms with Crippen LogP contribution < -0.4 is 4.90 Å². The largest absolute Gasteiger partial charge is 0.469 e. The highest BCUT2D eigenvalue weighted by Crippen LogP contribution is 2.32. The zero-order valence-corrected chi connectivity index (χ0v) is 11.7. The molecular weight excluding hydrogens is 276 g/mol. The minimum Gasteiger partial charge on any atom is -0.469 e. The van der Waals surface area contributed by atoms with Crippen molar-refractivity contribution in [1.29, 1.82) is 0 Å². The van der Waals surface area contributed by atoms with E-state index in [0.717, 1.165) is 0 Å². The number of hydrogen-bond donors (Lipinski definition) is 0. The third-order valence-electron chi connectivity index (χ3n) is 3.70. The molecule has 21 heavy (non-hydrogen) atoms. The smallest absolute Gasteiger partial charge is 0.308 e. The molecule has 1 heterocycles. The average molecular weight is 292 g/mol. The van der Waals surface area contributed by atoms with Gasteiger partial charge >= 0.3 is 5.97 Å². The molecule has 1 aromatic carbocycles. The number of benzene rings is 1. The van der Waals surface area contributed by atoms with Gasteiger partial charge in [-0.25, -0.2) is 0 Å². The second kappa shape index (κ2) is 6.34. The number of piperidine rings is 1. The molecule has 2 rings (SSSR count). The molecule has 0 unspecified atom stereocenters. The molecule has 0 radical (unpaired) electrons. The van der Waals surface area contributed by atoms with Gasteiger partial charge in [0.1, 0.15) is 12.0 Å². The summed E-state index contributed by atoms with van der Waals surface area (Å²) in [5, 5.41) is 11.1. The van der Waals surface area contributed by atoms with Gasteiger partial charge in [0, 0.05) is 24.7 Å². The predicted octanol–water partition coefficient (Wildman–Crippen LogP) is 1.80. The fourth-order valence-electron chi connectivity index (χ4n) is 2.54. The van der Waals surface area contributed by atoms with E-state index >= 15 is 0 Å². The van der Waals surface area contributed by atoms with Crippen LogP contribution in [0.5, 0.6) is 0 Å². The summed E-state index contributed by atoms with van der Waals surface area (Å²) in [5.41, 5.74) is 0.788. The summed E-state index contributed by atoms with van der Waals surface area (Å²) in [7, 11) is 1.35. The molecule has 0 aromatic heterocycles. The normalized spacial score (nSPS) is 15.6. The average Bonchev–Trinajstić information content (AvgIpc) is 2.53. The Morgan fingerprint density at radius 3 is 2.62 bits per heavy atom. The summed E-state index contributed by atoms with van der Waals surface area (Å²) >= 11 is 0. The molecule has 0 N–H and O–H groups in total. The van der Waals surface area contributed by atoms with E-state index in [9.17, 15) is 19.7 Å². The number of nitro groups is 1. The summed E-state index contributed by atoms with van der Waals surface area (Å²) in [5.74, 6) is -0.412. The second-order valence-electron chi connectivity index (χ2n) is 4.91. The molecule has 1 aromatic rings. The maximum Gasteiger partial charge on any atom is 0.308 e. The summed E-state index contributed by atoms with van der Waals surface area (Å²) in [6.45, 7) is 1.03. The van der Waals surface area contributed by atoms with Crippen LogP contribution in [0.1, 0.15) is 23.2 Å². The van der Waals surface area contributed by atoms with Crippen LogP contribution in [-0.4, -0.2) is 37.4 Å². The molecule has 112 valence electrons. The van der Waals surface area contributed by atoms with E-state index in [2.05, 4.69) is 0 Å². The molecular formula is C14H16N2O5. The molecule has 1 aliphatic heterocycles. The first-order chi connectivity index (χ1) is 10.1. The van der Waals surface area contributed by atoms with Crippen molar-refractivity contribution < 1.29 is 19.2 Å². The second-order valence-corrected chi connectivity index (χ2v) is 4.91. The highest BCUT2D eigenvalue weighted by Gasteiger charge is 2.28. The van der Waals surface area contributed by atoms with E-state index in [-0.39, 0.29) is 17.6 Å². The quantitative estimate of drug-likeness (QED) is 0.364. The lowest BCUT2D eigenvalue weighted by molar-refractivity contribution is -0.384. The van der Waals surface area contributed by atoms with Gasteiger partial charge in [0.05, 0.1) is 18.0 Å². The number of ether oxygens (including phenoxy) is 1. The number of nitrogens with zero attached hydrogens (tertiary/aromatic N) is 2. The molecule has 0 bridgehead atoms. The molecule has 7 heteroatoms. The maximum absolute atomic E-state index is 11.5. The van der Waals surface area contributed by atoms with Gasteiger partial charge in [0.15, 0.2) is 0 Å². The highest BCUT2D eigenvalue weighted by molar-refractivity contribution is 5.80. The van der Waals surface area contributed by atoms with E-state index in [1.54, 1.807) is 0 Å². The van der Waals surface area contributed by atoms with Crippen LogP contribution in [0.3, 0.4) is 0 Å². The van der Waals surface area contributed by atoms with Crippen molar-refractivity contribution in [3.63, 3.8) is 0 Å². The molecule has 1 fully saturated rings. The Kier molecular flexibility index (Phi) is 4.52. The molecule has 1 aliphatic rings. The monoisotopic (exact) mass is 292 g/mol. The number of carbonyl (C=O) groups excluding carboxylic acids is 2. The summed E-state index contributed by atoms with van der Waals surface area (Å²) in [4.78, 5) is 34.8. The minimum absolute atomic E-state index is 0.0304. The molecule has 0 saturated carbocycles. The Morgan fingerprint density at radius 1 is 1.43 bits per heavy atom. The van der Waals surface area contributed by atoms with Crippen LogP contribution in [-0.2, 0) is 9.53 Å². The van der Waals surface area contributed by atoms with Crippen LogP contribution >= 0.6 is 0 Å². The number of carbonyl (C=O) groups is 2. The topological polar surface area (TPSA) is 89.8 Å². The lowest BCUT2D eigenvalue weighted by atomic mass is 9.96. The third kappa shape index (κ3) is 3.18. The zero-order valence-electron chi connectivity index (χ0n) is 11.7. The first kappa shape index (κ1) is 15.0. The lowest BCUT2D eigenvalue weighted by Crippen LogP contribution is -2.37. The highest BCUT2D eigenvalue weighted by atomic mass is 16.6. The Hall–Kier alpha value is -2.44. The van der Waals surface area contributed by atoms with Crippen molar-refractivity contribution in [3.8, 4) is 0 Å². The summed E-state index contributed by atoms with van der Waals surface area (Å²) in [6, 6.07) is 4.28. The fraction of sp³-hybridized carbons (Fsp3) is 0.429. The van der Waals surface area contributed by atoms with Crippen molar-refractivity contribution in [1.82, 2.24) is 0 Å². The maximum atomic E-state index is 11.5. The minimum atomic E-state index is -0.462. The van der Waals surface area contributed by atoms with E-state index in [1.165, 1.54) is 25.3 Å². The van der Waals surface area contributed by atoms with Crippen molar-refractivity contribution >= 4 is 23.6 Å². The summed E-state index contributed by atoms with van der Waals surface area (Å²) < 4.78 is 4.72. The number of methoxy groups -OCH3 is 1. The first-order valence-corrected chi connectivity index (χ1v) is 6.63. The molecule has 1 saturated heterocycles. The first-order valence-electron chi connectivity index (χ1n) is 6.63. The van der Waals surface area contributed by atoms with Gasteiger partial charge in [0.25, 0.3) is 5.69 Å². The van der Waals surface area contributed by atoms with Crippen molar-refractivity contribution in [3.05, 3.63) is 33.9 Å². The van der Waals surface area contributed by atoms with Crippen LogP contribution in [0, 0.1) is 16.0 Å². The van der Waals surface area contributed by atoms with Gasteiger partial charge in [-0.3, -0.25) is 19.7 Å². The van der Waals surface area contributed by atoms with Gasteiger partial charge in [0.2, 0.25) is 0 Å². The predicted molar refractivity (Wildman–Crippen MR) is 75.4 cm³/mol. The Labute approximate surface area is 121 Å². The van der Waals surface area contributed by atoms with Gasteiger partial charge in [-0.2, -0.15) is 0 Å². The standard InChI is InChI=1S/C14H16N2O5/c1-21-14(18)11-4-6-15(7-5-11)13-8-10(9-17)2-3-12(13)16(19)20/h2-3,8-9,11H,4-7H2,1H3. The molecule has 7 nitrogen and oxygen atoms in total. The van der Waals surface area contributed by atoms with Gasteiger partial charge in [-0.1, -0.05) is 0 Å². The van der Waals surface area contributed by atoms with Crippen LogP contribution in [0.4, 0.5) is 11.4 Å². The number of rotatable bonds is 4. The number of nitro benzene ring substituents is 1. The van der Waals surface area contributed by atoms with Gasteiger partial charge in [-0.15, -0.1) is 0 Å². The molecule has 0 atom stereocenters. The Bertz CT molecular complexity index is 564. The zero-order chi connectivity index (χ0) is 15.4. The van der Waals surface area contributed by atoms with E-state index < -0.39 is 4.92 Å². The van der Waals surface area contributed by atoms with Gasteiger partial charge < -0.3 is 9.64 Å². The van der Waals surface area contributed by atoms with E-state index in [4.69, 9.17) is 4.74 Å². The SMILES string of the molecule is COC(=O)C1CCN(c2cc(C=O)ccc2[N+](=O)[O-])CC1. The summed E-state index contributed by atoms with van der Waals surface area (Å²) in [6.07, 6.45) is 1.82. The van der Waals surface area contributed by atoms with Crippen molar-refractivity contribution in [2.75, 3.05) is 25.1 Å². The fourth-order valence-corrected chi connectivity index (χ4v) is 2.54. The van der Waals surface area contributed by atoms with Crippen LogP contribution in [0.25, 0.3) is 0 Å². The lowest BCUT2D eigenvalue weighted by Gasteiger charge is -2.32. The van der Waals surface area contributed by atoms with Crippen molar-refractivity contribution in [2.24, 2.45) is 5.92 Å². The van der Waals surface area contributed by atoms with E-state index in [1.807, 2.05) is 4.90 Å². The van der Waals surface area contributed by atoms with E-state index in [0.29, 0.717) is 43.5 Å². The Morgan fingerprint density at radius 2 is 2.10 bits per heavy atom. The number of anilines is 1. The number of esters is 1. The number of aldehydes is 1. The van der Waals surface area contributed by atoms with Gasteiger partial charge in [-0.05, 0) is 25.0 Å². The number of hydrogen-bond acceptors (Lipinski definition) is 6.